The standard InChI is InChI=1S/C11H24N2O/c1-4-10-8-14-6-5-13(10)11(7-12)9(2)3/h9-11H,4-8,12H2,1-3H3. The van der Waals surface area contributed by atoms with Crippen molar-refractivity contribution in [2.24, 2.45) is 11.7 Å². The lowest BCUT2D eigenvalue weighted by atomic mass is 9.99. The summed E-state index contributed by atoms with van der Waals surface area (Å²) in [7, 11) is 0. The fourth-order valence-corrected chi connectivity index (χ4v) is 2.25. The molecule has 0 spiro atoms. The molecule has 1 aliphatic heterocycles. The molecule has 0 aliphatic carbocycles. The number of nitrogens with two attached hydrogens (primary N) is 1. The summed E-state index contributed by atoms with van der Waals surface area (Å²) < 4.78 is 5.50. The molecule has 3 heteroatoms. The van der Waals surface area contributed by atoms with Gasteiger partial charge in [-0.3, -0.25) is 4.90 Å². The van der Waals surface area contributed by atoms with Gasteiger partial charge in [0.2, 0.25) is 0 Å². The van der Waals surface area contributed by atoms with Gasteiger partial charge in [0.25, 0.3) is 0 Å². The largest absolute Gasteiger partial charge is 0.378 e. The van der Waals surface area contributed by atoms with Crippen molar-refractivity contribution in [2.75, 3.05) is 26.3 Å². The molecule has 2 atom stereocenters. The van der Waals surface area contributed by atoms with Crippen molar-refractivity contribution < 1.29 is 4.74 Å². The molecule has 84 valence electrons. The summed E-state index contributed by atoms with van der Waals surface area (Å²) in [5.74, 6) is 0.632. The average molecular weight is 200 g/mol. The zero-order valence-corrected chi connectivity index (χ0v) is 9.70. The summed E-state index contributed by atoms with van der Waals surface area (Å²) in [5, 5.41) is 0. The maximum absolute atomic E-state index is 5.84. The highest BCUT2D eigenvalue weighted by molar-refractivity contribution is 4.83. The first kappa shape index (κ1) is 12.0. The van der Waals surface area contributed by atoms with Gasteiger partial charge < -0.3 is 10.5 Å². The maximum Gasteiger partial charge on any atom is 0.0622 e. The van der Waals surface area contributed by atoms with Crippen LogP contribution < -0.4 is 5.73 Å². The van der Waals surface area contributed by atoms with Crippen LogP contribution in [0.25, 0.3) is 0 Å². The zero-order valence-electron chi connectivity index (χ0n) is 9.70. The molecule has 0 aromatic heterocycles. The number of rotatable bonds is 4. The average Bonchev–Trinajstić information content (AvgIpc) is 2.19. The second-order valence-electron chi connectivity index (χ2n) is 4.42. The summed E-state index contributed by atoms with van der Waals surface area (Å²) in [6.07, 6.45) is 1.16. The van der Waals surface area contributed by atoms with E-state index >= 15 is 0 Å². The third-order valence-electron chi connectivity index (χ3n) is 3.18. The highest BCUT2D eigenvalue weighted by Crippen LogP contribution is 2.18. The van der Waals surface area contributed by atoms with Gasteiger partial charge >= 0.3 is 0 Å². The first-order chi connectivity index (χ1) is 6.70. The lowest BCUT2D eigenvalue weighted by molar-refractivity contribution is -0.0372. The Morgan fingerprint density at radius 2 is 2.21 bits per heavy atom. The van der Waals surface area contributed by atoms with Gasteiger partial charge in [-0.25, -0.2) is 0 Å². The predicted octanol–water partition coefficient (Wildman–Crippen LogP) is 1.08. The zero-order chi connectivity index (χ0) is 10.6. The Bertz CT molecular complexity index is 161. The van der Waals surface area contributed by atoms with E-state index in [1.807, 2.05) is 0 Å². The van der Waals surface area contributed by atoms with Crippen molar-refractivity contribution in [3.63, 3.8) is 0 Å². The van der Waals surface area contributed by atoms with Gasteiger partial charge in [-0.05, 0) is 12.3 Å². The van der Waals surface area contributed by atoms with E-state index in [0.29, 0.717) is 18.0 Å². The Labute approximate surface area is 87.6 Å². The number of hydrogen-bond acceptors (Lipinski definition) is 3. The van der Waals surface area contributed by atoms with E-state index in [-0.39, 0.29) is 0 Å². The first-order valence-corrected chi connectivity index (χ1v) is 5.74. The molecule has 2 unspecified atom stereocenters. The molecule has 3 nitrogen and oxygen atoms in total. The summed E-state index contributed by atoms with van der Waals surface area (Å²) in [6, 6.07) is 1.09. The topological polar surface area (TPSA) is 38.5 Å². The molecule has 1 heterocycles. The van der Waals surface area contributed by atoms with Crippen LogP contribution >= 0.6 is 0 Å². The van der Waals surface area contributed by atoms with Crippen LogP contribution in [0, 0.1) is 5.92 Å². The Balaban J connectivity index is 2.60. The monoisotopic (exact) mass is 200 g/mol. The lowest BCUT2D eigenvalue weighted by Gasteiger charge is -2.42. The van der Waals surface area contributed by atoms with Crippen molar-refractivity contribution in [1.82, 2.24) is 4.90 Å². The van der Waals surface area contributed by atoms with Gasteiger partial charge in [-0.2, -0.15) is 0 Å². The van der Waals surface area contributed by atoms with Crippen LogP contribution in [-0.4, -0.2) is 43.3 Å². The van der Waals surface area contributed by atoms with Crippen LogP contribution in [0.2, 0.25) is 0 Å². The molecular weight excluding hydrogens is 176 g/mol. The molecule has 14 heavy (non-hydrogen) atoms. The molecule has 0 aromatic carbocycles. The van der Waals surface area contributed by atoms with Crippen molar-refractivity contribution in [2.45, 2.75) is 39.3 Å². The highest BCUT2D eigenvalue weighted by atomic mass is 16.5. The normalized spacial score (nSPS) is 26.8. The Kier molecular flexibility index (Phi) is 4.85. The third kappa shape index (κ3) is 2.69. The number of hydrogen-bond donors (Lipinski definition) is 1. The highest BCUT2D eigenvalue weighted by Gasteiger charge is 2.28. The molecule has 0 aromatic rings. The molecule has 0 amide bonds. The molecule has 1 aliphatic rings. The van der Waals surface area contributed by atoms with Gasteiger partial charge in [0.05, 0.1) is 13.2 Å². The second kappa shape index (κ2) is 5.69. The van der Waals surface area contributed by atoms with Crippen molar-refractivity contribution >= 4 is 0 Å². The Morgan fingerprint density at radius 1 is 1.50 bits per heavy atom. The third-order valence-corrected chi connectivity index (χ3v) is 3.18. The Morgan fingerprint density at radius 3 is 2.71 bits per heavy atom. The van der Waals surface area contributed by atoms with Gasteiger partial charge in [-0.1, -0.05) is 20.8 Å². The van der Waals surface area contributed by atoms with Crippen LogP contribution in [0.4, 0.5) is 0 Å². The summed E-state index contributed by atoms with van der Waals surface area (Å²) in [6.45, 7) is 10.3. The van der Waals surface area contributed by atoms with Gasteiger partial charge in [0, 0.05) is 25.2 Å². The number of morpholine rings is 1. The van der Waals surface area contributed by atoms with Crippen LogP contribution in [0.5, 0.6) is 0 Å². The van der Waals surface area contributed by atoms with Crippen LogP contribution in [0.15, 0.2) is 0 Å². The van der Waals surface area contributed by atoms with E-state index in [9.17, 15) is 0 Å². The van der Waals surface area contributed by atoms with Crippen molar-refractivity contribution in [3.8, 4) is 0 Å². The van der Waals surface area contributed by atoms with E-state index in [4.69, 9.17) is 10.5 Å². The van der Waals surface area contributed by atoms with E-state index in [0.717, 1.165) is 32.7 Å². The van der Waals surface area contributed by atoms with Crippen LogP contribution in [-0.2, 0) is 4.74 Å². The molecule has 0 bridgehead atoms. The van der Waals surface area contributed by atoms with E-state index < -0.39 is 0 Å². The molecular formula is C11H24N2O. The predicted molar refractivity (Wildman–Crippen MR) is 59.3 cm³/mol. The van der Waals surface area contributed by atoms with Gasteiger partial charge in [-0.15, -0.1) is 0 Å². The smallest absolute Gasteiger partial charge is 0.0622 e. The van der Waals surface area contributed by atoms with E-state index in [2.05, 4.69) is 25.7 Å². The number of nitrogens with zero attached hydrogens (tertiary/aromatic N) is 1. The van der Waals surface area contributed by atoms with Gasteiger partial charge in [0.15, 0.2) is 0 Å². The van der Waals surface area contributed by atoms with E-state index in [1.54, 1.807) is 0 Å². The van der Waals surface area contributed by atoms with Crippen molar-refractivity contribution in [1.29, 1.82) is 0 Å². The first-order valence-electron chi connectivity index (χ1n) is 5.74. The maximum atomic E-state index is 5.84. The quantitative estimate of drug-likeness (QED) is 0.738. The summed E-state index contributed by atoms with van der Waals surface area (Å²) in [5.41, 5.74) is 5.84. The van der Waals surface area contributed by atoms with Gasteiger partial charge in [0.1, 0.15) is 0 Å². The SMILES string of the molecule is CCC1COCCN1C(CN)C(C)C. The summed E-state index contributed by atoms with van der Waals surface area (Å²) in [4.78, 5) is 2.54. The lowest BCUT2D eigenvalue weighted by Crippen LogP contribution is -2.54. The minimum Gasteiger partial charge on any atom is -0.378 e. The van der Waals surface area contributed by atoms with Crippen molar-refractivity contribution in [3.05, 3.63) is 0 Å². The molecule has 2 N–H and O–H groups in total. The van der Waals surface area contributed by atoms with Crippen LogP contribution in [0.1, 0.15) is 27.2 Å². The van der Waals surface area contributed by atoms with Crippen LogP contribution in [0.3, 0.4) is 0 Å². The summed E-state index contributed by atoms with van der Waals surface area (Å²) >= 11 is 0. The molecule has 0 saturated carbocycles. The fourth-order valence-electron chi connectivity index (χ4n) is 2.25. The Hall–Kier alpha value is -0.120. The minimum absolute atomic E-state index is 0.517. The minimum atomic E-state index is 0.517. The molecule has 1 rings (SSSR count). The molecule has 1 saturated heterocycles. The molecule has 1 fully saturated rings. The van der Waals surface area contributed by atoms with E-state index in [1.165, 1.54) is 0 Å². The number of ether oxygens (including phenoxy) is 1. The molecule has 0 radical (unpaired) electrons. The second-order valence-corrected chi connectivity index (χ2v) is 4.42. The fraction of sp³-hybridized carbons (Fsp3) is 1.00.